The van der Waals surface area contributed by atoms with Crippen LogP contribution in [0.5, 0.6) is 0 Å². The minimum absolute atomic E-state index is 0.278. The van der Waals surface area contributed by atoms with Crippen molar-refractivity contribution in [1.82, 2.24) is 5.32 Å². The summed E-state index contributed by atoms with van der Waals surface area (Å²) in [6.45, 7) is 4.34. The largest absolute Gasteiger partial charge is 0.391 e. The Hall–Kier alpha value is -1.22. The summed E-state index contributed by atoms with van der Waals surface area (Å²) in [6, 6.07) is -1.15. The molecule has 7 nitrogen and oxygen atoms in total. The van der Waals surface area contributed by atoms with Gasteiger partial charge >= 0.3 is 0 Å². The number of carbonyl (C=O) groups is 1. The second-order valence-corrected chi connectivity index (χ2v) is 11.7. The molecule has 218 valence electrons. The van der Waals surface area contributed by atoms with E-state index in [1.54, 1.807) is 0 Å². The summed E-state index contributed by atoms with van der Waals surface area (Å²) >= 11 is 0. The molecule has 0 fully saturated rings. The van der Waals surface area contributed by atoms with Crippen molar-refractivity contribution in [3.8, 4) is 0 Å². The highest BCUT2D eigenvalue weighted by Crippen LogP contribution is 2.13. The third-order valence-corrected chi connectivity index (χ3v) is 7.32. The first-order valence-corrected chi connectivity index (χ1v) is 16.3. The van der Waals surface area contributed by atoms with Gasteiger partial charge in [-0.05, 0) is 38.5 Å². The smallest absolute Gasteiger partial charge is 0.266 e. The van der Waals surface area contributed by atoms with Crippen molar-refractivity contribution in [3.05, 3.63) is 24.3 Å². The molecule has 0 aromatic carbocycles. The van der Waals surface area contributed by atoms with Crippen molar-refractivity contribution in [3.63, 3.8) is 0 Å². The average molecular weight is 546 g/mol. The molecule has 3 atom stereocenters. The fraction of sp³-hybridized carbons (Fsp3) is 0.828. The fourth-order valence-corrected chi connectivity index (χ4v) is 4.97. The number of aliphatic hydroxyl groups is 2. The van der Waals surface area contributed by atoms with Crippen LogP contribution in [0, 0.1) is 0 Å². The van der Waals surface area contributed by atoms with Gasteiger partial charge in [-0.1, -0.05) is 115 Å². The molecule has 0 saturated carbocycles. The van der Waals surface area contributed by atoms with Gasteiger partial charge < -0.3 is 15.5 Å². The Balaban J connectivity index is 4.16. The number of nitrogens with one attached hydrogen (secondary N) is 1. The molecule has 0 spiro atoms. The normalized spacial score (nSPS) is 14.8. The maximum Gasteiger partial charge on any atom is 0.266 e. The number of allylic oxidation sites excluding steroid dienone is 4. The van der Waals surface area contributed by atoms with Gasteiger partial charge in [-0.25, -0.2) is 0 Å². The van der Waals surface area contributed by atoms with Crippen molar-refractivity contribution in [1.29, 1.82) is 0 Å². The molecule has 0 aliphatic heterocycles. The summed E-state index contributed by atoms with van der Waals surface area (Å²) < 4.78 is 32.0. The van der Waals surface area contributed by atoms with Gasteiger partial charge in [0.2, 0.25) is 5.91 Å². The second-order valence-electron chi connectivity index (χ2n) is 10.2. The van der Waals surface area contributed by atoms with E-state index in [2.05, 4.69) is 43.5 Å². The maximum atomic E-state index is 12.4. The molecule has 4 N–H and O–H groups in total. The minimum Gasteiger partial charge on any atom is -0.391 e. The van der Waals surface area contributed by atoms with Crippen LogP contribution >= 0.6 is 0 Å². The van der Waals surface area contributed by atoms with Crippen molar-refractivity contribution in [2.24, 2.45) is 0 Å². The first-order valence-electron chi connectivity index (χ1n) is 14.6. The summed E-state index contributed by atoms with van der Waals surface area (Å²) in [6.07, 6.45) is 23.8. The molecular weight excluding hydrogens is 490 g/mol. The van der Waals surface area contributed by atoms with E-state index >= 15 is 0 Å². The highest BCUT2D eigenvalue weighted by Gasteiger charge is 2.28. The Kier molecular flexibility index (Phi) is 23.1. The zero-order valence-electron chi connectivity index (χ0n) is 23.5. The van der Waals surface area contributed by atoms with Crippen LogP contribution in [-0.4, -0.2) is 53.1 Å². The van der Waals surface area contributed by atoms with Gasteiger partial charge in [0.15, 0.2) is 0 Å². The molecule has 0 bridgehead atoms. The molecule has 0 aliphatic carbocycles. The van der Waals surface area contributed by atoms with Crippen LogP contribution < -0.4 is 5.32 Å². The molecule has 3 unspecified atom stereocenters. The molecular formula is C29H55NO6S. The van der Waals surface area contributed by atoms with Crippen molar-refractivity contribution < 1.29 is 28.0 Å². The van der Waals surface area contributed by atoms with E-state index in [0.717, 1.165) is 70.6 Å². The summed E-state index contributed by atoms with van der Waals surface area (Å²) in [7, 11) is -4.39. The van der Waals surface area contributed by atoms with Crippen LogP contribution in [0.1, 0.15) is 129 Å². The van der Waals surface area contributed by atoms with Gasteiger partial charge in [0.05, 0.1) is 17.9 Å². The highest BCUT2D eigenvalue weighted by atomic mass is 32.2. The number of carbonyl (C=O) groups excluding carboxylic acids is 1. The first-order chi connectivity index (χ1) is 17.7. The molecule has 0 saturated heterocycles. The minimum atomic E-state index is -4.39. The van der Waals surface area contributed by atoms with Crippen molar-refractivity contribution in [2.75, 3.05) is 5.75 Å². The number of hydrogen-bond donors (Lipinski definition) is 4. The second kappa shape index (κ2) is 23.9. The lowest BCUT2D eigenvalue weighted by molar-refractivity contribution is -0.131. The molecule has 0 rings (SSSR count). The van der Waals surface area contributed by atoms with E-state index in [9.17, 15) is 28.0 Å². The predicted molar refractivity (Wildman–Crippen MR) is 153 cm³/mol. The van der Waals surface area contributed by atoms with Gasteiger partial charge in [0.25, 0.3) is 10.1 Å². The zero-order chi connectivity index (χ0) is 27.8. The molecule has 0 aromatic rings. The number of unbranched alkanes of at least 4 members (excludes halogenated alkanes) is 13. The Morgan fingerprint density at radius 1 is 0.730 bits per heavy atom. The zero-order valence-corrected chi connectivity index (χ0v) is 24.3. The van der Waals surface area contributed by atoms with E-state index in [1.165, 1.54) is 19.3 Å². The monoisotopic (exact) mass is 545 g/mol. The summed E-state index contributed by atoms with van der Waals surface area (Å²) in [5, 5.41) is 23.1. The molecule has 8 heteroatoms. The van der Waals surface area contributed by atoms with Gasteiger partial charge in [-0.3, -0.25) is 9.35 Å². The topological polar surface area (TPSA) is 124 Å². The third kappa shape index (κ3) is 23.6. The SMILES string of the molecule is CCCCC/C=C\C=C/CCCCCCCC(O)C(=O)NC(CS(=O)(=O)O)C(O)CCCCCCCC. The van der Waals surface area contributed by atoms with Crippen LogP contribution in [0.2, 0.25) is 0 Å². The first kappa shape index (κ1) is 35.8. The number of aliphatic hydroxyl groups excluding tert-OH is 2. The lowest BCUT2D eigenvalue weighted by Crippen LogP contribution is -2.50. The van der Waals surface area contributed by atoms with Gasteiger partial charge in [0, 0.05) is 0 Å². The number of hydrogen-bond acceptors (Lipinski definition) is 5. The standard InChI is InChI=1S/C29H55NO6S/c1-3-5-7-9-11-12-13-14-15-16-17-18-20-22-24-28(32)29(33)30-26(25-37(34,35)36)27(31)23-21-19-10-8-6-4-2/h11-14,26-28,31-32H,3-10,15-25H2,1-2H3,(H,30,33)(H,34,35,36)/b12-11-,14-13-. The number of amides is 1. The predicted octanol–water partition coefficient (Wildman–Crippen LogP) is 6.25. The van der Waals surface area contributed by atoms with Gasteiger partial charge in [-0.15, -0.1) is 0 Å². The lowest BCUT2D eigenvalue weighted by Gasteiger charge is -2.24. The van der Waals surface area contributed by atoms with E-state index in [0.29, 0.717) is 19.3 Å². The lowest BCUT2D eigenvalue weighted by atomic mass is 10.0. The molecule has 0 aliphatic rings. The van der Waals surface area contributed by atoms with Crippen LogP contribution in [0.25, 0.3) is 0 Å². The van der Waals surface area contributed by atoms with Crippen molar-refractivity contribution in [2.45, 2.75) is 148 Å². The molecule has 0 radical (unpaired) electrons. The summed E-state index contributed by atoms with van der Waals surface area (Å²) in [5.74, 6) is -1.48. The highest BCUT2D eigenvalue weighted by molar-refractivity contribution is 7.85. The van der Waals surface area contributed by atoms with E-state index in [1.807, 2.05) is 0 Å². The number of rotatable bonds is 25. The molecule has 37 heavy (non-hydrogen) atoms. The van der Waals surface area contributed by atoms with Gasteiger partial charge in [0.1, 0.15) is 6.10 Å². The van der Waals surface area contributed by atoms with Crippen LogP contribution in [0.15, 0.2) is 24.3 Å². The molecule has 0 aromatic heterocycles. The Labute approximate surface area is 227 Å². The van der Waals surface area contributed by atoms with E-state index in [4.69, 9.17) is 0 Å². The summed E-state index contributed by atoms with van der Waals surface area (Å²) in [4.78, 5) is 12.4. The Morgan fingerprint density at radius 2 is 1.19 bits per heavy atom. The van der Waals surface area contributed by atoms with E-state index < -0.39 is 40.0 Å². The fourth-order valence-electron chi connectivity index (χ4n) is 4.21. The van der Waals surface area contributed by atoms with E-state index in [-0.39, 0.29) is 6.42 Å². The van der Waals surface area contributed by atoms with Crippen molar-refractivity contribution >= 4 is 16.0 Å². The summed E-state index contributed by atoms with van der Waals surface area (Å²) in [5.41, 5.74) is 0. The average Bonchev–Trinajstić information content (AvgIpc) is 2.84. The van der Waals surface area contributed by atoms with Crippen LogP contribution in [0.3, 0.4) is 0 Å². The Morgan fingerprint density at radius 3 is 1.76 bits per heavy atom. The molecule has 0 heterocycles. The van der Waals surface area contributed by atoms with Gasteiger partial charge in [-0.2, -0.15) is 8.42 Å². The maximum absolute atomic E-state index is 12.4. The van der Waals surface area contributed by atoms with Crippen LogP contribution in [0.4, 0.5) is 0 Å². The van der Waals surface area contributed by atoms with Crippen LogP contribution in [-0.2, 0) is 14.9 Å². The quantitative estimate of drug-likeness (QED) is 0.0610. The molecule has 1 amide bonds. The Bertz CT molecular complexity index is 707. The third-order valence-electron chi connectivity index (χ3n) is 6.54.